The molecule has 43 heavy (non-hydrogen) atoms. The number of carbonyl (C=O) groups is 3. The average molecular weight is 588 g/mol. The number of amides is 3. The van der Waals surface area contributed by atoms with Gasteiger partial charge in [0.05, 0.1) is 17.9 Å². The second kappa shape index (κ2) is 13.7. The van der Waals surface area contributed by atoms with Crippen LogP contribution in [-0.4, -0.2) is 92.4 Å². The van der Waals surface area contributed by atoms with Gasteiger partial charge in [-0.2, -0.15) is 0 Å². The Kier molecular flexibility index (Phi) is 9.61. The van der Waals surface area contributed by atoms with E-state index in [0.717, 1.165) is 44.8 Å². The fraction of sp³-hybridized carbons (Fsp3) is 0.438. The fourth-order valence-corrected chi connectivity index (χ4v) is 5.62. The van der Waals surface area contributed by atoms with Crippen molar-refractivity contribution in [3.05, 3.63) is 71.4 Å². The summed E-state index contributed by atoms with van der Waals surface area (Å²) >= 11 is 0. The van der Waals surface area contributed by atoms with Crippen molar-refractivity contribution in [2.75, 3.05) is 75.0 Å². The first-order chi connectivity index (χ1) is 20.8. The lowest BCUT2D eigenvalue weighted by molar-refractivity contribution is -0.127. The summed E-state index contributed by atoms with van der Waals surface area (Å²) in [5, 5.41) is 5.95. The largest absolute Gasteiger partial charge is 0.447 e. The van der Waals surface area contributed by atoms with E-state index in [-0.39, 0.29) is 17.5 Å². The number of nitrogens with one attached hydrogen (secondary N) is 2. The lowest BCUT2D eigenvalue weighted by Crippen LogP contribution is -2.47. The van der Waals surface area contributed by atoms with E-state index in [2.05, 4.69) is 56.6 Å². The van der Waals surface area contributed by atoms with Gasteiger partial charge in [0.25, 0.3) is 11.8 Å². The average Bonchev–Trinajstić information content (AvgIpc) is 3.64. The molecule has 11 heteroatoms. The molecule has 2 aliphatic rings. The third kappa shape index (κ3) is 7.53. The van der Waals surface area contributed by atoms with E-state index < -0.39 is 5.91 Å². The molecule has 5 rings (SSSR count). The molecule has 11 nitrogen and oxygen atoms in total. The normalized spacial score (nSPS) is 15.3. The molecule has 3 heterocycles. The molecule has 3 amide bonds. The zero-order chi connectivity index (χ0) is 30.3. The van der Waals surface area contributed by atoms with E-state index in [1.807, 2.05) is 30.0 Å². The first-order valence-electron chi connectivity index (χ1n) is 14.9. The maximum atomic E-state index is 13.3. The highest BCUT2D eigenvalue weighted by Crippen LogP contribution is 2.30. The predicted molar refractivity (Wildman–Crippen MR) is 167 cm³/mol. The highest BCUT2D eigenvalue weighted by atomic mass is 16.3. The first kappa shape index (κ1) is 30.1. The smallest absolute Gasteiger partial charge is 0.277 e. The Balaban J connectivity index is 1.29. The minimum Gasteiger partial charge on any atom is -0.447 e. The molecule has 2 N–H and O–H groups in total. The minimum atomic E-state index is -0.401. The molecule has 2 fully saturated rings. The Bertz CT molecular complexity index is 1440. The van der Waals surface area contributed by atoms with Crippen LogP contribution in [0.2, 0.25) is 0 Å². The van der Waals surface area contributed by atoms with Gasteiger partial charge in [0.2, 0.25) is 11.8 Å². The molecule has 228 valence electrons. The number of carbonyl (C=O) groups excluding carboxylic acids is 3. The molecular formula is C32H41N7O4. The summed E-state index contributed by atoms with van der Waals surface area (Å²) < 4.78 is 5.49. The number of rotatable bonds is 11. The van der Waals surface area contributed by atoms with E-state index in [9.17, 15) is 14.4 Å². The van der Waals surface area contributed by atoms with Gasteiger partial charge in [-0.15, -0.1) is 0 Å². The molecule has 0 saturated carbocycles. The number of aromatic nitrogens is 1. The molecule has 0 radical (unpaired) electrons. The van der Waals surface area contributed by atoms with Crippen molar-refractivity contribution < 1.29 is 18.8 Å². The number of para-hydroxylation sites is 1. The lowest BCUT2D eigenvalue weighted by Gasteiger charge is -2.38. The van der Waals surface area contributed by atoms with E-state index in [1.54, 1.807) is 12.1 Å². The number of likely N-dealkylation sites (tertiary alicyclic amines) is 1. The number of aryl methyl sites for hydroxylation is 1. The van der Waals surface area contributed by atoms with Crippen LogP contribution in [-0.2, 0) is 11.3 Å². The van der Waals surface area contributed by atoms with E-state index in [1.165, 1.54) is 17.5 Å². The molecular weight excluding hydrogens is 546 g/mol. The number of hydrogen-bond acceptors (Lipinski definition) is 8. The third-order valence-corrected chi connectivity index (χ3v) is 7.88. The molecule has 0 atom stereocenters. The molecule has 3 aromatic rings. The third-order valence-electron chi connectivity index (χ3n) is 7.88. The Morgan fingerprint density at radius 3 is 2.42 bits per heavy atom. The molecule has 2 saturated heterocycles. The number of piperazine rings is 1. The van der Waals surface area contributed by atoms with Gasteiger partial charge in [0, 0.05) is 63.5 Å². The summed E-state index contributed by atoms with van der Waals surface area (Å²) in [6.45, 7) is 7.67. The Labute approximate surface area is 252 Å². The molecule has 0 unspecified atom stereocenters. The fourth-order valence-electron chi connectivity index (χ4n) is 5.62. The van der Waals surface area contributed by atoms with Crippen molar-refractivity contribution >= 4 is 34.8 Å². The van der Waals surface area contributed by atoms with Crippen LogP contribution in [0.4, 0.5) is 17.1 Å². The maximum absolute atomic E-state index is 13.3. The number of oxazole rings is 1. The van der Waals surface area contributed by atoms with Crippen molar-refractivity contribution in [3.8, 4) is 0 Å². The van der Waals surface area contributed by atoms with Crippen LogP contribution in [0, 0.1) is 6.92 Å². The predicted octanol–water partition coefficient (Wildman–Crippen LogP) is 3.37. The maximum Gasteiger partial charge on any atom is 0.277 e. The van der Waals surface area contributed by atoms with Crippen molar-refractivity contribution in [3.63, 3.8) is 0 Å². The number of hydrogen-bond donors (Lipinski definition) is 2. The molecule has 1 aromatic heterocycles. The Hall–Kier alpha value is -4.38. The topological polar surface area (TPSA) is 114 Å². The van der Waals surface area contributed by atoms with Crippen LogP contribution in [0.15, 0.2) is 53.1 Å². The zero-order valence-corrected chi connectivity index (χ0v) is 25.3. The van der Waals surface area contributed by atoms with Gasteiger partial charge >= 0.3 is 0 Å². The quantitative estimate of drug-likeness (QED) is 0.329. The van der Waals surface area contributed by atoms with Crippen LogP contribution >= 0.6 is 0 Å². The van der Waals surface area contributed by atoms with Gasteiger partial charge in [-0.1, -0.05) is 18.2 Å². The van der Waals surface area contributed by atoms with Crippen LogP contribution in [0.25, 0.3) is 0 Å². The second-order valence-electron chi connectivity index (χ2n) is 11.4. The van der Waals surface area contributed by atoms with E-state index in [4.69, 9.17) is 4.42 Å². The van der Waals surface area contributed by atoms with Gasteiger partial charge in [0.1, 0.15) is 6.26 Å². The number of anilines is 3. The molecule has 2 aliphatic heterocycles. The molecule has 2 aromatic carbocycles. The monoisotopic (exact) mass is 587 g/mol. The second-order valence-corrected chi connectivity index (χ2v) is 11.4. The number of nitrogens with zero attached hydrogens (tertiary/aromatic N) is 5. The Morgan fingerprint density at radius 1 is 0.977 bits per heavy atom. The zero-order valence-electron chi connectivity index (χ0n) is 25.3. The van der Waals surface area contributed by atoms with Gasteiger partial charge in [-0.3, -0.25) is 14.4 Å². The van der Waals surface area contributed by atoms with Crippen molar-refractivity contribution in [1.29, 1.82) is 0 Å². The summed E-state index contributed by atoms with van der Waals surface area (Å²) in [6, 6.07) is 13.8. The summed E-state index contributed by atoms with van der Waals surface area (Å²) in [6.07, 6.45) is 3.56. The summed E-state index contributed by atoms with van der Waals surface area (Å²) in [4.78, 5) is 50.9. The first-order valence-corrected chi connectivity index (χ1v) is 14.9. The standard InChI is InChI=1S/C32H41N7O4/c1-23-8-4-5-9-27(23)37-16-18-38(19-17-37)28-12-11-24(31(41)33-13-7-15-39-14-6-10-30(39)40)20-25(28)35-32(42)26-22-43-29(34-26)21-36(2)3/h4-5,8-9,11-12,20,22H,6-7,10,13-19,21H2,1-3H3,(H,33,41)(H,35,42). The van der Waals surface area contributed by atoms with Crippen LogP contribution < -0.4 is 20.4 Å². The minimum absolute atomic E-state index is 0.179. The molecule has 0 spiro atoms. The van der Waals surface area contributed by atoms with Crippen LogP contribution in [0.5, 0.6) is 0 Å². The van der Waals surface area contributed by atoms with Crippen LogP contribution in [0.3, 0.4) is 0 Å². The van der Waals surface area contributed by atoms with Crippen molar-refractivity contribution in [2.24, 2.45) is 0 Å². The van der Waals surface area contributed by atoms with E-state index >= 15 is 0 Å². The van der Waals surface area contributed by atoms with E-state index in [0.29, 0.717) is 49.6 Å². The lowest BCUT2D eigenvalue weighted by atomic mass is 10.1. The molecule has 0 aliphatic carbocycles. The Morgan fingerprint density at radius 2 is 1.72 bits per heavy atom. The van der Waals surface area contributed by atoms with Crippen molar-refractivity contribution in [2.45, 2.75) is 32.7 Å². The summed E-state index contributed by atoms with van der Waals surface area (Å²) in [5.41, 5.74) is 4.49. The SMILES string of the molecule is Cc1ccccc1N1CCN(c2ccc(C(=O)NCCCN3CCCC3=O)cc2NC(=O)c2coc(CN(C)C)n2)CC1. The molecule has 0 bridgehead atoms. The number of benzene rings is 2. The summed E-state index contributed by atoms with van der Waals surface area (Å²) in [5.74, 6) is 0.00436. The van der Waals surface area contributed by atoms with Gasteiger partial charge in [-0.25, -0.2) is 4.98 Å². The summed E-state index contributed by atoms with van der Waals surface area (Å²) in [7, 11) is 3.80. The highest BCUT2D eigenvalue weighted by molar-refractivity contribution is 6.06. The van der Waals surface area contributed by atoms with Gasteiger partial charge in [-0.05, 0) is 63.7 Å². The van der Waals surface area contributed by atoms with Crippen molar-refractivity contribution in [1.82, 2.24) is 20.1 Å². The highest BCUT2D eigenvalue weighted by Gasteiger charge is 2.24. The van der Waals surface area contributed by atoms with Gasteiger partial charge < -0.3 is 34.7 Å². The van der Waals surface area contributed by atoms with Crippen LogP contribution in [0.1, 0.15) is 51.6 Å². The van der Waals surface area contributed by atoms with Gasteiger partial charge in [0.15, 0.2) is 5.69 Å².